The van der Waals surface area contributed by atoms with Crippen LogP contribution < -0.4 is 0 Å². The van der Waals surface area contributed by atoms with Crippen LogP contribution in [0.15, 0.2) is 41.9 Å². The summed E-state index contributed by atoms with van der Waals surface area (Å²) in [6, 6.07) is 9.50. The second-order valence-electron chi connectivity index (χ2n) is 5.94. The number of amides is 1. The molecule has 2 aliphatic rings. The number of rotatable bonds is 2. The standard InChI is InChI=1S/C17H18N2O2S/c20-17(12-4-2-1-3-5-12)19-8-6-13-10-14(21-15(13)11-19)16-18-7-9-22-16/h1-5,7,9,13-15H,6,8,10-11H2/t13-,14+,15+/m0/s1. The Bertz CT molecular complexity index is 644. The molecule has 0 radical (unpaired) electrons. The van der Waals surface area contributed by atoms with E-state index in [9.17, 15) is 4.79 Å². The monoisotopic (exact) mass is 314 g/mol. The third kappa shape index (κ3) is 2.55. The van der Waals surface area contributed by atoms with E-state index in [1.165, 1.54) is 0 Å². The highest BCUT2D eigenvalue weighted by atomic mass is 32.1. The molecule has 0 N–H and O–H groups in total. The van der Waals surface area contributed by atoms with Crippen molar-refractivity contribution >= 4 is 17.2 Å². The Labute approximate surface area is 133 Å². The predicted octanol–water partition coefficient (Wildman–Crippen LogP) is 3.14. The fourth-order valence-electron chi connectivity index (χ4n) is 3.43. The van der Waals surface area contributed by atoms with Crippen molar-refractivity contribution in [1.29, 1.82) is 0 Å². The third-order valence-electron chi connectivity index (χ3n) is 4.59. The van der Waals surface area contributed by atoms with E-state index in [-0.39, 0.29) is 18.1 Å². The Morgan fingerprint density at radius 3 is 2.95 bits per heavy atom. The Hall–Kier alpha value is -1.72. The van der Waals surface area contributed by atoms with Crippen LogP contribution in [0.25, 0.3) is 0 Å². The number of fused-ring (bicyclic) bond motifs is 1. The SMILES string of the molecule is O=C(c1ccccc1)N1CC[C@H]2C[C@H](c3nccs3)O[C@@H]2C1. The van der Waals surface area contributed by atoms with E-state index in [1.807, 2.05) is 46.8 Å². The topological polar surface area (TPSA) is 42.4 Å². The highest BCUT2D eigenvalue weighted by Crippen LogP contribution is 2.41. The number of ether oxygens (including phenoxy) is 1. The van der Waals surface area contributed by atoms with Crippen molar-refractivity contribution in [2.24, 2.45) is 5.92 Å². The minimum absolute atomic E-state index is 0.111. The third-order valence-corrected chi connectivity index (χ3v) is 5.45. The molecule has 0 aliphatic carbocycles. The van der Waals surface area contributed by atoms with Gasteiger partial charge in [0.05, 0.1) is 6.10 Å². The van der Waals surface area contributed by atoms with Crippen LogP contribution in [0.4, 0.5) is 0 Å². The number of hydrogen-bond donors (Lipinski definition) is 0. The van der Waals surface area contributed by atoms with Crippen LogP contribution >= 0.6 is 11.3 Å². The first-order chi connectivity index (χ1) is 10.8. The molecule has 0 unspecified atom stereocenters. The van der Waals surface area contributed by atoms with Gasteiger partial charge in [-0.25, -0.2) is 4.98 Å². The molecular formula is C17H18N2O2S. The molecule has 3 heterocycles. The summed E-state index contributed by atoms with van der Waals surface area (Å²) in [6.07, 6.45) is 4.14. The fourth-order valence-corrected chi connectivity index (χ4v) is 4.12. The zero-order chi connectivity index (χ0) is 14.9. The van der Waals surface area contributed by atoms with Gasteiger partial charge in [0.25, 0.3) is 5.91 Å². The van der Waals surface area contributed by atoms with Crippen molar-refractivity contribution in [3.63, 3.8) is 0 Å². The zero-order valence-corrected chi connectivity index (χ0v) is 13.0. The number of thiazole rings is 1. The van der Waals surface area contributed by atoms with Crippen molar-refractivity contribution in [3.8, 4) is 0 Å². The molecular weight excluding hydrogens is 296 g/mol. The number of nitrogens with zero attached hydrogens (tertiary/aromatic N) is 2. The molecule has 0 bridgehead atoms. The minimum Gasteiger partial charge on any atom is -0.366 e. The summed E-state index contributed by atoms with van der Waals surface area (Å²) >= 11 is 1.65. The number of likely N-dealkylation sites (tertiary alicyclic amines) is 1. The number of carbonyl (C=O) groups excluding carboxylic acids is 1. The van der Waals surface area contributed by atoms with Gasteiger partial charge in [0, 0.05) is 30.2 Å². The maximum atomic E-state index is 12.6. The fraction of sp³-hybridized carbons (Fsp3) is 0.412. The van der Waals surface area contributed by atoms with Gasteiger partial charge in [-0.05, 0) is 30.9 Å². The quantitative estimate of drug-likeness (QED) is 0.855. The van der Waals surface area contributed by atoms with Crippen molar-refractivity contribution in [2.45, 2.75) is 25.0 Å². The van der Waals surface area contributed by atoms with Crippen LogP contribution in [0.3, 0.4) is 0 Å². The second kappa shape index (κ2) is 5.82. The molecule has 5 heteroatoms. The van der Waals surface area contributed by atoms with Crippen molar-refractivity contribution in [3.05, 3.63) is 52.5 Å². The molecule has 2 fully saturated rings. The molecule has 2 aromatic rings. The Balaban J connectivity index is 1.45. The van der Waals surface area contributed by atoms with Gasteiger partial charge < -0.3 is 9.64 Å². The zero-order valence-electron chi connectivity index (χ0n) is 12.2. The molecule has 0 spiro atoms. The van der Waals surface area contributed by atoms with Gasteiger partial charge in [-0.2, -0.15) is 0 Å². The Morgan fingerprint density at radius 2 is 2.18 bits per heavy atom. The van der Waals surface area contributed by atoms with E-state index in [0.29, 0.717) is 12.5 Å². The van der Waals surface area contributed by atoms with Crippen LogP contribution in [-0.2, 0) is 4.74 Å². The summed E-state index contributed by atoms with van der Waals surface area (Å²) in [6.45, 7) is 1.52. The number of hydrogen-bond acceptors (Lipinski definition) is 4. The largest absolute Gasteiger partial charge is 0.366 e. The average Bonchev–Trinajstić information content (AvgIpc) is 3.23. The Morgan fingerprint density at radius 1 is 1.32 bits per heavy atom. The van der Waals surface area contributed by atoms with Crippen LogP contribution in [0.1, 0.15) is 34.3 Å². The average molecular weight is 314 g/mol. The van der Waals surface area contributed by atoms with E-state index < -0.39 is 0 Å². The summed E-state index contributed by atoms with van der Waals surface area (Å²) in [5.74, 6) is 0.661. The van der Waals surface area contributed by atoms with Gasteiger partial charge in [0.2, 0.25) is 0 Å². The maximum Gasteiger partial charge on any atom is 0.253 e. The van der Waals surface area contributed by atoms with Crippen molar-refractivity contribution in [1.82, 2.24) is 9.88 Å². The minimum atomic E-state index is 0.111. The van der Waals surface area contributed by atoms with Gasteiger partial charge in [-0.1, -0.05) is 18.2 Å². The van der Waals surface area contributed by atoms with Crippen molar-refractivity contribution < 1.29 is 9.53 Å². The molecule has 2 saturated heterocycles. The van der Waals surface area contributed by atoms with E-state index in [4.69, 9.17) is 4.74 Å². The first kappa shape index (κ1) is 13.9. The lowest BCUT2D eigenvalue weighted by Crippen LogP contribution is -2.45. The number of carbonyl (C=O) groups is 1. The molecule has 1 aromatic carbocycles. The number of aromatic nitrogens is 1. The molecule has 0 saturated carbocycles. The van der Waals surface area contributed by atoms with Gasteiger partial charge in [0.1, 0.15) is 11.1 Å². The Kier molecular flexibility index (Phi) is 3.68. The first-order valence-electron chi connectivity index (χ1n) is 7.70. The van der Waals surface area contributed by atoms with E-state index in [0.717, 1.165) is 30.0 Å². The van der Waals surface area contributed by atoms with E-state index in [2.05, 4.69) is 4.98 Å². The van der Waals surface area contributed by atoms with Crippen molar-refractivity contribution in [2.75, 3.05) is 13.1 Å². The second-order valence-corrected chi connectivity index (χ2v) is 6.86. The van der Waals surface area contributed by atoms with Crippen LogP contribution in [0.2, 0.25) is 0 Å². The molecule has 4 nitrogen and oxygen atoms in total. The highest BCUT2D eigenvalue weighted by Gasteiger charge is 2.41. The summed E-state index contributed by atoms with van der Waals surface area (Å²) in [4.78, 5) is 18.9. The molecule has 2 aliphatic heterocycles. The molecule has 1 amide bonds. The maximum absolute atomic E-state index is 12.6. The van der Waals surface area contributed by atoms with Gasteiger partial charge in [-0.15, -0.1) is 11.3 Å². The molecule has 114 valence electrons. The summed E-state index contributed by atoms with van der Waals surface area (Å²) in [5.41, 5.74) is 0.760. The lowest BCUT2D eigenvalue weighted by molar-refractivity contribution is -0.00448. The predicted molar refractivity (Wildman–Crippen MR) is 84.8 cm³/mol. The number of benzene rings is 1. The van der Waals surface area contributed by atoms with Gasteiger partial charge in [0.15, 0.2) is 0 Å². The molecule has 3 atom stereocenters. The summed E-state index contributed by atoms with van der Waals surface area (Å²) < 4.78 is 6.18. The van der Waals surface area contributed by atoms with Crippen LogP contribution in [0, 0.1) is 5.92 Å². The smallest absolute Gasteiger partial charge is 0.253 e. The summed E-state index contributed by atoms with van der Waals surface area (Å²) in [7, 11) is 0. The van der Waals surface area contributed by atoms with Gasteiger partial charge >= 0.3 is 0 Å². The normalized spacial score (nSPS) is 27.6. The lowest BCUT2D eigenvalue weighted by atomic mass is 9.91. The first-order valence-corrected chi connectivity index (χ1v) is 8.58. The number of piperidine rings is 1. The van der Waals surface area contributed by atoms with Crippen LogP contribution in [0.5, 0.6) is 0 Å². The highest BCUT2D eigenvalue weighted by molar-refractivity contribution is 7.09. The van der Waals surface area contributed by atoms with Crippen LogP contribution in [-0.4, -0.2) is 35.0 Å². The van der Waals surface area contributed by atoms with E-state index in [1.54, 1.807) is 11.3 Å². The van der Waals surface area contributed by atoms with E-state index >= 15 is 0 Å². The molecule has 4 rings (SSSR count). The summed E-state index contributed by atoms with van der Waals surface area (Å²) in [5, 5.41) is 3.06. The molecule has 22 heavy (non-hydrogen) atoms. The van der Waals surface area contributed by atoms with Gasteiger partial charge in [-0.3, -0.25) is 4.79 Å². The lowest BCUT2D eigenvalue weighted by Gasteiger charge is -2.34. The molecule has 1 aromatic heterocycles.